The summed E-state index contributed by atoms with van der Waals surface area (Å²) in [6.45, 7) is 0. The Hall–Kier alpha value is -2.64. The van der Waals surface area contributed by atoms with Crippen LogP contribution >= 0.6 is 15.9 Å². The van der Waals surface area contributed by atoms with E-state index in [1.54, 1.807) is 0 Å². The molecule has 0 amide bonds. The fourth-order valence-electron chi connectivity index (χ4n) is 3.01. The van der Waals surface area contributed by atoms with Gasteiger partial charge in [-0.3, -0.25) is 0 Å². The summed E-state index contributed by atoms with van der Waals surface area (Å²) < 4.78 is 126. The van der Waals surface area contributed by atoms with Crippen molar-refractivity contribution in [1.29, 1.82) is 0 Å². The van der Waals surface area contributed by atoms with Gasteiger partial charge in [0.2, 0.25) is 0 Å². The normalized spacial score (nSPS) is 19.5. The maximum Gasteiger partial charge on any atom is 0.0630 e. The number of halogens is 1. The largest absolute Gasteiger partial charge is 0.0630 e. The van der Waals surface area contributed by atoms with E-state index in [0.29, 0.717) is 0 Å². The van der Waals surface area contributed by atoms with Crippen molar-refractivity contribution in [3.05, 3.63) is 106 Å². The summed E-state index contributed by atoms with van der Waals surface area (Å²) in [6, 6.07) is -8.62. The van der Waals surface area contributed by atoms with Crippen LogP contribution in [0.4, 0.5) is 0 Å². The Bertz CT molecular complexity index is 1950. The van der Waals surface area contributed by atoms with E-state index in [1.807, 2.05) is 0 Å². The number of fused-ring (bicyclic) bond motifs is 3. The molecule has 26 heavy (non-hydrogen) atoms. The first kappa shape index (κ1) is 6.51. The minimum Gasteiger partial charge on any atom is -0.0616 e. The van der Waals surface area contributed by atoms with Gasteiger partial charge in [0.15, 0.2) is 0 Å². The predicted octanol–water partition coefficient (Wildman–Crippen LogP) is 7.50. The summed E-state index contributed by atoms with van der Waals surface area (Å²) >= 11 is 3.32. The molecule has 0 fully saturated rings. The van der Waals surface area contributed by atoms with E-state index in [9.17, 15) is 0 Å². The van der Waals surface area contributed by atoms with Crippen molar-refractivity contribution < 1.29 is 20.6 Å². The zero-order valence-corrected chi connectivity index (χ0v) is 14.7. The van der Waals surface area contributed by atoms with Crippen molar-refractivity contribution in [3.63, 3.8) is 0 Å². The lowest BCUT2D eigenvalue weighted by Crippen LogP contribution is -1.94. The highest BCUT2D eigenvalue weighted by molar-refractivity contribution is 9.10. The Morgan fingerprint density at radius 2 is 1.08 bits per heavy atom. The number of rotatable bonds is 2. The van der Waals surface area contributed by atoms with Crippen LogP contribution in [0.25, 0.3) is 32.3 Å². The molecule has 0 aliphatic heterocycles. The summed E-state index contributed by atoms with van der Waals surface area (Å²) in [5, 5.41) is -0.922. The Morgan fingerprint density at radius 1 is 0.577 bits per heavy atom. The Morgan fingerprint density at radius 3 is 1.73 bits per heavy atom. The van der Waals surface area contributed by atoms with E-state index >= 15 is 0 Å². The van der Waals surface area contributed by atoms with Gasteiger partial charge in [-0.05, 0) is 65.8 Å². The van der Waals surface area contributed by atoms with Crippen LogP contribution in [0.15, 0.2) is 95.1 Å². The second kappa shape index (κ2) is 6.26. The van der Waals surface area contributed by atoms with Gasteiger partial charge in [-0.2, -0.15) is 0 Å². The zero-order valence-electron chi connectivity index (χ0n) is 28.1. The molecule has 0 heterocycles. The van der Waals surface area contributed by atoms with Gasteiger partial charge in [0, 0.05) is 4.47 Å². The first-order chi connectivity index (χ1) is 19.1. The Balaban J connectivity index is 2.12. The molecule has 5 aromatic rings. The van der Waals surface area contributed by atoms with Gasteiger partial charge in [-0.1, -0.05) is 90.6 Å². The number of hydrogen-bond donors (Lipinski definition) is 0. The average molecular weight is 412 g/mol. The van der Waals surface area contributed by atoms with Crippen LogP contribution in [0.5, 0.6) is 0 Å². The van der Waals surface area contributed by atoms with Gasteiger partial charge in [-0.15, -0.1) is 0 Å². The van der Waals surface area contributed by atoms with Crippen molar-refractivity contribution in [1.82, 2.24) is 0 Å². The maximum atomic E-state index is 8.72. The quantitative estimate of drug-likeness (QED) is 0.263. The molecular weight excluding hydrogens is 380 g/mol. The van der Waals surface area contributed by atoms with E-state index in [4.69, 9.17) is 20.6 Å². The first-order valence-electron chi connectivity index (χ1n) is 15.1. The Kier molecular flexibility index (Phi) is 1.57. The minimum absolute atomic E-state index is 0.00538. The lowest BCUT2D eigenvalue weighted by molar-refractivity contribution is 1.26. The molecule has 0 saturated heterocycles. The van der Waals surface area contributed by atoms with E-state index in [2.05, 4.69) is 15.9 Å². The van der Waals surface area contributed by atoms with Crippen LogP contribution in [0, 0.1) is 0 Å². The molecule has 0 nitrogen and oxygen atoms in total. The molecule has 5 rings (SSSR count). The second-order valence-electron chi connectivity index (χ2n) is 5.57. The molecule has 0 aliphatic carbocycles. The molecule has 0 radical (unpaired) electrons. The molecule has 0 atom stereocenters. The summed E-state index contributed by atoms with van der Waals surface area (Å²) in [6.07, 6.45) is -0.506. The predicted molar refractivity (Wildman–Crippen MR) is 116 cm³/mol. The van der Waals surface area contributed by atoms with E-state index < -0.39 is 97.1 Å². The minimum atomic E-state index is -0.644. The molecule has 1 heteroatoms. The van der Waals surface area contributed by atoms with Crippen molar-refractivity contribution in [2.75, 3.05) is 0 Å². The highest BCUT2D eigenvalue weighted by atomic mass is 79.9. The highest BCUT2D eigenvalue weighted by Gasteiger charge is 2.13. The fraction of sp³-hybridized carbons (Fsp3) is 0.0400. The maximum absolute atomic E-state index is 8.72. The van der Waals surface area contributed by atoms with Gasteiger partial charge >= 0.3 is 0 Å². The third kappa shape index (κ3) is 2.43. The standard InChI is InChI=1S/C25H17Br/c26-25-22-14-5-3-12-20(22)24(21-13-4-6-15-23(21)25)16-18-10-7-9-17-8-1-2-11-19(17)18/h1-15H,16H2/i1D,2D,3D,4D,5D,6D,7D,8D,9D,10D,11D,12D,13D,14D,15D. The fourth-order valence-corrected chi connectivity index (χ4v) is 3.60. The molecular formula is C25H17Br. The van der Waals surface area contributed by atoms with Gasteiger partial charge in [0.25, 0.3) is 0 Å². The molecule has 5 aromatic carbocycles. The van der Waals surface area contributed by atoms with Gasteiger partial charge in [-0.25, -0.2) is 0 Å². The van der Waals surface area contributed by atoms with Gasteiger partial charge in [0.1, 0.15) is 0 Å². The molecule has 0 bridgehead atoms. The lowest BCUT2D eigenvalue weighted by Gasteiger charge is -2.15. The molecule has 0 saturated carbocycles. The van der Waals surface area contributed by atoms with Crippen LogP contribution in [-0.4, -0.2) is 0 Å². The molecule has 0 aromatic heterocycles. The summed E-state index contributed by atoms with van der Waals surface area (Å²) in [5.41, 5.74) is -0.200. The van der Waals surface area contributed by atoms with Crippen LogP contribution in [-0.2, 0) is 6.42 Å². The highest BCUT2D eigenvalue weighted by Crippen LogP contribution is 2.37. The summed E-state index contributed by atoms with van der Waals surface area (Å²) in [7, 11) is 0. The van der Waals surface area contributed by atoms with Crippen molar-refractivity contribution in [2.45, 2.75) is 6.42 Å². The van der Waals surface area contributed by atoms with E-state index in [1.165, 1.54) is 0 Å². The smallest absolute Gasteiger partial charge is 0.0616 e. The van der Waals surface area contributed by atoms with Gasteiger partial charge in [0.05, 0.1) is 20.6 Å². The SMILES string of the molecule is [2H]c1c([2H])c([2H])c2c(Cc3c4c([2H])c([2H])c([2H])c([2H])c4c(Br)c4c([2H])c([2H])c([2H])c([2H])c34)c([2H])c([2H])c([2H])c2c1[2H]. The summed E-state index contributed by atoms with van der Waals surface area (Å²) in [5.74, 6) is 0. The zero-order chi connectivity index (χ0) is 30.6. The van der Waals surface area contributed by atoms with Crippen molar-refractivity contribution in [2.24, 2.45) is 0 Å². The van der Waals surface area contributed by atoms with Crippen LogP contribution in [0.1, 0.15) is 31.7 Å². The monoisotopic (exact) mass is 411 g/mol. The third-order valence-corrected chi connectivity index (χ3v) is 4.95. The van der Waals surface area contributed by atoms with Crippen LogP contribution in [0.3, 0.4) is 0 Å². The molecule has 0 N–H and O–H groups in total. The van der Waals surface area contributed by atoms with Crippen molar-refractivity contribution >= 4 is 48.2 Å². The van der Waals surface area contributed by atoms with E-state index in [0.717, 1.165) is 0 Å². The topological polar surface area (TPSA) is 0 Å². The molecule has 0 spiro atoms. The van der Waals surface area contributed by atoms with E-state index in [-0.39, 0.29) is 47.9 Å². The van der Waals surface area contributed by atoms with Gasteiger partial charge < -0.3 is 0 Å². The molecule has 124 valence electrons. The second-order valence-corrected chi connectivity index (χ2v) is 6.37. The van der Waals surface area contributed by atoms with Crippen LogP contribution in [0.2, 0.25) is 0 Å². The summed E-state index contributed by atoms with van der Waals surface area (Å²) in [4.78, 5) is 0. The lowest BCUT2D eigenvalue weighted by atomic mass is 9.91. The first-order valence-corrected chi connectivity index (χ1v) is 8.44. The number of benzene rings is 5. The van der Waals surface area contributed by atoms with Crippen molar-refractivity contribution in [3.8, 4) is 0 Å². The third-order valence-electron chi connectivity index (χ3n) is 4.16. The number of hydrogen-bond acceptors (Lipinski definition) is 0. The molecule has 0 unspecified atom stereocenters. The molecule has 0 aliphatic rings. The van der Waals surface area contributed by atoms with Crippen LogP contribution < -0.4 is 0 Å². The Labute approximate surface area is 182 Å². The average Bonchev–Trinajstić information content (AvgIpc) is 2.94.